The number of hydrogen-bond donors (Lipinski definition) is 2. The van der Waals surface area contributed by atoms with Crippen molar-refractivity contribution in [3.63, 3.8) is 0 Å². The van der Waals surface area contributed by atoms with E-state index in [9.17, 15) is 24.4 Å². The van der Waals surface area contributed by atoms with Gasteiger partial charge in [0.15, 0.2) is 6.10 Å². The van der Waals surface area contributed by atoms with Crippen LogP contribution in [0.25, 0.3) is 11.1 Å². The third-order valence-electron chi connectivity index (χ3n) is 5.08. The SMILES string of the molecule is O=CN(C[C@@H](O)CO)c1ccc(-c2ccc(O[C@@H]3COc4nc([N+](=O)[O-])cn4C3)nc2)c(F)c1. The first-order valence-corrected chi connectivity index (χ1v) is 10.2. The summed E-state index contributed by atoms with van der Waals surface area (Å²) in [7, 11) is 0. The van der Waals surface area contributed by atoms with Crippen molar-refractivity contribution in [3.05, 3.63) is 58.7 Å². The van der Waals surface area contributed by atoms with Crippen LogP contribution in [-0.2, 0) is 11.3 Å². The zero-order chi connectivity index (χ0) is 24.2. The minimum atomic E-state index is -1.14. The van der Waals surface area contributed by atoms with Crippen molar-refractivity contribution >= 4 is 17.9 Å². The number of aliphatic hydroxyl groups is 2. The maximum Gasteiger partial charge on any atom is 0.414 e. The summed E-state index contributed by atoms with van der Waals surface area (Å²) in [6.07, 6.45) is 1.54. The standard InChI is InChI=1S/C21H20FN5O7/c22-18-5-14(26(12-29)7-15(30)10-28)2-3-17(18)13-1-4-20(23-6-13)34-16-8-25-9-19(27(31)32)24-21(25)33-11-16/h1-6,9,12,15-16,28,30H,7-8,10-11H2/t15-,16+/m1/s1. The highest BCUT2D eigenvalue weighted by molar-refractivity contribution is 5.77. The van der Waals surface area contributed by atoms with Gasteiger partial charge in [0.05, 0.1) is 25.8 Å². The van der Waals surface area contributed by atoms with Crippen LogP contribution in [0.1, 0.15) is 0 Å². The fourth-order valence-corrected chi connectivity index (χ4v) is 3.42. The molecule has 0 fully saturated rings. The average Bonchev–Trinajstić information content (AvgIpc) is 3.27. The van der Waals surface area contributed by atoms with Crippen molar-refractivity contribution in [2.24, 2.45) is 0 Å². The van der Waals surface area contributed by atoms with Gasteiger partial charge in [-0.25, -0.2) is 9.37 Å². The third-order valence-corrected chi connectivity index (χ3v) is 5.08. The van der Waals surface area contributed by atoms with E-state index in [-0.39, 0.29) is 48.7 Å². The Morgan fingerprint density at radius 1 is 1.41 bits per heavy atom. The van der Waals surface area contributed by atoms with Crippen LogP contribution in [0.5, 0.6) is 11.9 Å². The van der Waals surface area contributed by atoms with Crippen LogP contribution in [0.4, 0.5) is 15.9 Å². The first-order valence-electron chi connectivity index (χ1n) is 10.2. The second-order valence-electron chi connectivity index (χ2n) is 7.49. The van der Waals surface area contributed by atoms with Gasteiger partial charge in [-0.15, -0.1) is 0 Å². The topological polar surface area (TPSA) is 153 Å². The molecule has 0 saturated carbocycles. The van der Waals surface area contributed by atoms with Crippen LogP contribution in [-0.4, -0.2) is 68.0 Å². The molecule has 34 heavy (non-hydrogen) atoms. The lowest BCUT2D eigenvalue weighted by Gasteiger charge is -2.22. The normalized spacial score (nSPS) is 15.7. The van der Waals surface area contributed by atoms with Gasteiger partial charge in [0.2, 0.25) is 12.3 Å². The molecule has 0 saturated heterocycles. The van der Waals surface area contributed by atoms with Crippen LogP contribution in [0.3, 0.4) is 0 Å². The number of pyridine rings is 1. The van der Waals surface area contributed by atoms with Gasteiger partial charge in [-0.1, -0.05) is 0 Å². The monoisotopic (exact) mass is 473 g/mol. The van der Waals surface area contributed by atoms with E-state index in [0.717, 1.165) is 11.0 Å². The Kier molecular flexibility index (Phi) is 6.65. The molecule has 1 aromatic carbocycles. The predicted octanol–water partition coefficient (Wildman–Crippen LogP) is 1.15. The zero-order valence-corrected chi connectivity index (χ0v) is 17.7. The molecule has 0 bridgehead atoms. The van der Waals surface area contributed by atoms with Gasteiger partial charge >= 0.3 is 11.8 Å². The fourth-order valence-electron chi connectivity index (χ4n) is 3.42. The number of aliphatic hydroxyl groups excluding tert-OH is 2. The Hall–Kier alpha value is -4.10. The Bertz CT molecular complexity index is 1190. The quantitative estimate of drug-likeness (QED) is 0.265. The largest absolute Gasteiger partial charge is 0.469 e. The minimum Gasteiger partial charge on any atom is -0.469 e. The van der Waals surface area contributed by atoms with Crippen LogP contribution >= 0.6 is 0 Å². The molecule has 3 aromatic rings. The molecule has 12 nitrogen and oxygen atoms in total. The predicted molar refractivity (Wildman–Crippen MR) is 115 cm³/mol. The maximum absolute atomic E-state index is 14.7. The van der Waals surface area contributed by atoms with Crippen molar-refractivity contribution in [2.75, 3.05) is 24.7 Å². The second kappa shape index (κ2) is 9.80. The molecule has 2 aromatic heterocycles. The number of halogens is 1. The summed E-state index contributed by atoms with van der Waals surface area (Å²) in [6, 6.07) is 7.47. The lowest BCUT2D eigenvalue weighted by atomic mass is 10.1. The van der Waals surface area contributed by atoms with Crippen molar-refractivity contribution in [1.29, 1.82) is 0 Å². The number of benzene rings is 1. The van der Waals surface area contributed by atoms with Gasteiger partial charge in [0.1, 0.15) is 18.6 Å². The molecule has 2 N–H and O–H groups in total. The van der Waals surface area contributed by atoms with E-state index < -0.39 is 29.6 Å². The van der Waals surface area contributed by atoms with Crippen molar-refractivity contribution in [3.8, 4) is 23.0 Å². The smallest absolute Gasteiger partial charge is 0.414 e. The van der Waals surface area contributed by atoms with Crippen molar-refractivity contribution in [2.45, 2.75) is 18.8 Å². The zero-order valence-electron chi connectivity index (χ0n) is 17.7. The first-order chi connectivity index (χ1) is 16.4. The second-order valence-corrected chi connectivity index (χ2v) is 7.49. The number of carbonyl (C=O) groups excluding carboxylic acids is 1. The number of anilines is 1. The number of aromatic nitrogens is 3. The van der Waals surface area contributed by atoms with Gasteiger partial charge in [-0.3, -0.25) is 9.36 Å². The molecule has 4 rings (SSSR count). The highest BCUT2D eigenvalue weighted by Crippen LogP contribution is 2.28. The first kappa shape index (κ1) is 23.1. The number of amides is 1. The summed E-state index contributed by atoms with van der Waals surface area (Å²) >= 11 is 0. The number of hydrogen-bond acceptors (Lipinski definition) is 9. The van der Waals surface area contributed by atoms with Gasteiger partial charge in [0.25, 0.3) is 0 Å². The highest BCUT2D eigenvalue weighted by atomic mass is 19.1. The molecule has 1 aliphatic rings. The summed E-state index contributed by atoms with van der Waals surface area (Å²) < 4.78 is 27.4. The van der Waals surface area contributed by atoms with Gasteiger partial charge in [0, 0.05) is 34.1 Å². The van der Waals surface area contributed by atoms with E-state index >= 15 is 0 Å². The number of rotatable bonds is 9. The third kappa shape index (κ3) is 4.94. The van der Waals surface area contributed by atoms with E-state index in [1.807, 2.05) is 0 Å². The van der Waals surface area contributed by atoms with E-state index in [2.05, 4.69) is 9.97 Å². The molecule has 0 aliphatic carbocycles. The lowest BCUT2D eigenvalue weighted by Crippen LogP contribution is -2.34. The number of ether oxygens (including phenoxy) is 2. The van der Waals surface area contributed by atoms with Crippen LogP contribution in [0, 0.1) is 15.9 Å². The number of imidazole rings is 1. The maximum atomic E-state index is 14.7. The summed E-state index contributed by atoms with van der Waals surface area (Å²) in [4.78, 5) is 30.6. The molecule has 178 valence electrons. The summed E-state index contributed by atoms with van der Waals surface area (Å²) in [5.74, 6) is -0.655. The Morgan fingerprint density at radius 2 is 2.24 bits per heavy atom. The Morgan fingerprint density at radius 3 is 2.88 bits per heavy atom. The Balaban J connectivity index is 1.43. The molecule has 1 aliphatic heterocycles. The highest BCUT2D eigenvalue weighted by Gasteiger charge is 2.29. The molecule has 13 heteroatoms. The minimum absolute atomic E-state index is 0.131. The van der Waals surface area contributed by atoms with Crippen molar-refractivity contribution in [1.82, 2.24) is 14.5 Å². The van der Waals surface area contributed by atoms with E-state index in [1.54, 1.807) is 12.1 Å². The number of nitrogens with zero attached hydrogens (tertiary/aromatic N) is 5. The van der Waals surface area contributed by atoms with E-state index in [1.165, 1.54) is 29.1 Å². The molecule has 0 radical (unpaired) electrons. The molecule has 2 atom stereocenters. The molecule has 0 unspecified atom stereocenters. The average molecular weight is 473 g/mol. The van der Waals surface area contributed by atoms with Crippen LogP contribution in [0.15, 0.2) is 42.7 Å². The lowest BCUT2D eigenvalue weighted by molar-refractivity contribution is -0.389. The van der Waals surface area contributed by atoms with E-state index in [4.69, 9.17) is 14.6 Å². The fraction of sp³-hybridized carbons (Fsp3) is 0.286. The number of carbonyl (C=O) groups is 1. The van der Waals surface area contributed by atoms with E-state index in [0.29, 0.717) is 12.0 Å². The summed E-state index contributed by atoms with van der Waals surface area (Å²) in [5, 5.41) is 29.3. The molecular weight excluding hydrogens is 453 g/mol. The summed E-state index contributed by atoms with van der Waals surface area (Å²) in [5.41, 5.74) is 0.942. The summed E-state index contributed by atoms with van der Waals surface area (Å²) in [6.45, 7) is -0.285. The molecular formula is C21H20FN5O7. The Labute approximate surface area is 192 Å². The molecule has 1 amide bonds. The van der Waals surface area contributed by atoms with Gasteiger partial charge in [-0.2, -0.15) is 0 Å². The van der Waals surface area contributed by atoms with Crippen LogP contribution < -0.4 is 14.4 Å². The molecule has 3 heterocycles. The molecule has 0 spiro atoms. The van der Waals surface area contributed by atoms with Gasteiger partial charge in [-0.05, 0) is 29.2 Å². The van der Waals surface area contributed by atoms with Crippen LogP contribution in [0.2, 0.25) is 0 Å². The van der Waals surface area contributed by atoms with Crippen molar-refractivity contribution < 1.29 is 33.8 Å². The van der Waals surface area contributed by atoms with Gasteiger partial charge < -0.3 is 34.7 Å². The number of nitro groups is 1. The number of fused-ring (bicyclic) bond motifs is 1.